The number of carbonyl (C=O) groups is 2. The standard InChI is InChI=1S/C13H10ClN3O2.C12H7BrClN3O.C12H9Cl2N3O3S.C11H7Cl2N3O2S/c1-19-9-2-3-10-8(6-9)7-17(12(10)18)11-4-5-15-13(14)16-11;13-9-3-1-2-7-8(9)6-17(11(7)18)10-4-5-15-12(14)16-10;1-20-8-3-2-7-6-17(9-4-5-15-12(14)16-9)21(18,19)11(7)10(8)13;12-8-2-1-7-6-16(19(17,18)9(7)5-8)10-3-4-14-11(13)15-10/h2-6H,7H2,1H3;1-5H,6H2;2-5H,6H2,1H3;1-5H,6H2. The van der Waals surface area contributed by atoms with Gasteiger partial charge in [-0.1, -0.05) is 57.3 Å². The lowest BCUT2D eigenvalue weighted by atomic mass is 10.1. The van der Waals surface area contributed by atoms with Gasteiger partial charge in [0.05, 0.1) is 45.3 Å². The Kier molecular flexibility index (Phi) is 16.4. The van der Waals surface area contributed by atoms with Crippen molar-refractivity contribution in [2.75, 3.05) is 32.6 Å². The zero-order valence-corrected chi connectivity index (χ0v) is 47.1. The number of amides is 2. The van der Waals surface area contributed by atoms with Crippen LogP contribution in [0.1, 0.15) is 43.0 Å². The monoisotopic (exact) mass is 1260 g/mol. The van der Waals surface area contributed by atoms with E-state index in [0.717, 1.165) is 25.7 Å². The minimum absolute atomic E-state index is 0.00156. The van der Waals surface area contributed by atoms with Gasteiger partial charge in [-0.25, -0.2) is 55.3 Å². The molecule has 0 bridgehead atoms. The number of anilines is 4. The minimum Gasteiger partial charge on any atom is -0.497 e. The molecule has 12 rings (SSSR count). The Morgan fingerprint density at radius 2 is 1.04 bits per heavy atom. The van der Waals surface area contributed by atoms with Crippen LogP contribution in [0.4, 0.5) is 23.3 Å². The third-order valence-electron chi connectivity index (χ3n) is 11.7. The number of methoxy groups -OCH3 is 2. The van der Waals surface area contributed by atoms with E-state index in [1.165, 1.54) is 54.4 Å². The maximum atomic E-state index is 12.7. The molecule has 0 spiro atoms. The number of hydrogen-bond acceptors (Lipinski definition) is 16. The zero-order valence-electron chi connectivity index (χ0n) is 39.4. The number of halogens is 7. The number of carbonyl (C=O) groups excluding carboxylic acids is 2. The zero-order chi connectivity index (χ0) is 54.9. The van der Waals surface area contributed by atoms with Crippen LogP contribution in [-0.4, -0.2) is 82.7 Å². The molecule has 4 aliphatic rings. The fourth-order valence-electron chi connectivity index (χ4n) is 8.13. The maximum Gasteiger partial charge on any atom is 0.267 e. The first-order valence-corrected chi connectivity index (χ1v) is 27.9. The van der Waals surface area contributed by atoms with Crippen molar-refractivity contribution in [1.29, 1.82) is 0 Å². The molecule has 20 nitrogen and oxygen atoms in total. The Balaban J connectivity index is 0.000000125. The van der Waals surface area contributed by atoms with Gasteiger partial charge in [-0.15, -0.1) is 0 Å². The van der Waals surface area contributed by atoms with Gasteiger partial charge in [-0.2, -0.15) is 9.97 Å². The third kappa shape index (κ3) is 11.4. The Morgan fingerprint density at radius 1 is 0.519 bits per heavy atom. The Hall–Kier alpha value is -6.54. The van der Waals surface area contributed by atoms with Gasteiger partial charge in [-0.05, 0) is 129 Å². The molecule has 0 N–H and O–H groups in total. The molecule has 8 aromatic rings. The summed E-state index contributed by atoms with van der Waals surface area (Å²) >= 11 is 38.3. The Bertz CT molecular complexity index is 3900. The number of fused-ring (bicyclic) bond motifs is 4. The van der Waals surface area contributed by atoms with Gasteiger partial charge in [0.15, 0.2) is 0 Å². The number of ether oxygens (including phenoxy) is 2. The van der Waals surface area contributed by atoms with Gasteiger partial charge in [-0.3, -0.25) is 19.4 Å². The SMILES string of the molecule is COc1ccc2c(c1)CN(c1ccnc(Cl)n1)C2=O.COc1ccc2c(c1Cl)S(=O)(=O)N(c1ccnc(Cl)n1)C2.O=C1c2cccc(Br)c2CN1c1ccnc(Cl)n1.O=S1(=O)c2cc(Cl)ccc2CN1c1ccnc(Cl)n1. The van der Waals surface area contributed by atoms with E-state index in [0.29, 0.717) is 57.8 Å². The first-order chi connectivity index (χ1) is 36.8. The summed E-state index contributed by atoms with van der Waals surface area (Å²) < 4.78 is 63.6. The molecule has 29 heteroatoms. The number of rotatable bonds is 6. The van der Waals surface area contributed by atoms with Gasteiger partial charge in [0.1, 0.15) is 44.7 Å². The second kappa shape index (κ2) is 22.8. The molecule has 0 unspecified atom stereocenters. The number of nitrogens with zero attached hydrogens (tertiary/aromatic N) is 12. The van der Waals surface area contributed by atoms with Gasteiger partial charge >= 0.3 is 0 Å². The minimum atomic E-state index is -3.81. The second-order valence-electron chi connectivity index (χ2n) is 16.2. The van der Waals surface area contributed by atoms with Crippen molar-refractivity contribution < 1.29 is 35.9 Å². The number of hydrogen-bond donors (Lipinski definition) is 0. The van der Waals surface area contributed by atoms with Crippen LogP contribution >= 0.6 is 85.5 Å². The average Bonchev–Trinajstić information content (AvgIpc) is 4.15. The number of sulfonamides is 2. The largest absolute Gasteiger partial charge is 0.497 e. The molecule has 4 aromatic carbocycles. The van der Waals surface area contributed by atoms with Crippen LogP contribution in [-0.2, 0) is 46.2 Å². The summed E-state index contributed by atoms with van der Waals surface area (Å²) in [5.74, 6) is 2.33. The third-order valence-corrected chi connectivity index (χ3v) is 17.6. The summed E-state index contributed by atoms with van der Waals surface area (Å²) in [5, 5.41) is 0.681. The van der Waals surface area contributed by atoms with Crippen molar-refractivity contribution in [3.8, 4) is 11.5 Å². The van der Waals surface area contributed by atoms with E-state index >= 15 is 0 Å². The molecule has 0 atom stereocenters. The molecule has 4 aromatic heterocycles. The Labute approximate surface area is 477 Å². The van der Waals surface area contributed by atoms with Gasteiger partial charge in [0.2, 0.25) is 21.1 Å². The highest BCUT2D eigenvalue weighted by atomic mass is 79.9. The summed E-state index contributed by atoms with van der Waals surface area (Å²) in [5.41, 5.74) is 4.50. The van der Waals surface area contributed by atoms with E-state index in [1.54, 1.807) is 65.4 Å². The first-order valence-electron chi connectivity index (χ1n) is 22.0. The maximum absolute atomic E-state index is 12.7. The topological polar surface area (TPSA) is 237 Å². The molecule has 77 heavy (non-hydrogen) atoms. The van der Waals surface area contributed by atoms with Gasteiger partial charge in [0.25, 0.3) is 31.9 Å². The van der Waals surface area contributed by atoms with Crippen LogP contribution in [0.15, 0.2) is 130 Å². The lowest BCUT2D eigenvalue weighted by Crippen LogP contribution is -2.24. The highest BCUT2D eigenvalue weighted by Gasteiger charge is 2.40. The fraction of sp³-hybridized carbons (Fsp3) is 0.125. The smallest absolute Gasteiger partial charge is 0.267 e. The lowest BCUT2D eigenvalue weighted by Gasteiger charge is -2.15. The van der Waals surface area contributed by atoms with Crippen LogP contribution in [0, 0.1) is 0 Å². The van der Waals surface area contributed by atoms with E-state index in [2.05, 4.69) is 55.8 Å². The molecular weight excluding hydrogens is 1230 g/mol. The van der Waals surface area contributed by atoms with Crippen LogP contribution in [0.2, 0.25) is 31.2 Å². The van der Waals surface area contributed by atoms with Crippen molar-refractivity contribution >= 4 is 141 Å². The first kappa shape index (κ1) is 55.2. The van der Waals surface area contributed by atoms with Crippen LogP contribution < -0.4 is 27.9 Å². The van der Waals surface area contributed by atoms with Crippen molar-refractivity contribution in [3.05, 3.63) is 185 Å². The molecular formula is C48H33BrCl6N12O8S2. The van der Waals surface area contributed by atoms with Crippen molar-refractivity contribution in [3.63, 3.8) is 0 Å². The highest BCUT2D eigenvalue weighted by Crippen LogP contribution is 2.42. The van der Waals surface area contributed by atoms with E-state index in [4.69, 9.17) is 79.1 Å². The molecule has 0 fully saturated rings. The van der Waals surface area contributed by atoms with Crippen LogP contribution in [0.25, 0.3) is 0 Å². The summed E-state index contributed by atoms with van der Waals surface area (Å²) in [6.45, 7) is 1.29. The van der Waals surface area contributed by atoms with Crippen molar-refractivity contribution in [2.45, 2.75) is 36.0 Å². The van der Waals surface area contributed by atoms with Crippen LogP contribution in [0.5, 0.6) is 11.5 Å². The summed E-state index contributed by atoms with van der Waals surface area (Å²) in [4.78, 5) is 59.0. The molecule has 8 heterocycles. The van der Waals surface area contributed by atoms with Crippen molar-refractivity contribution in [2.24, 2.45) is 0 Å². The summed E-state index contributed by atoms with van der Waals surface area (Å²) in [6.07, 6.45) is 5.87. The summed E-state index contributed by atoms with van der Waals surface area (Å²) in [7, 11) is -4.42. The molecule has 0 saturated heterocycles. The van der Waals surface area contributed by atoms with Gasteiger partial charge < -0.3 is 9.47 Å². The molecule has 0 aliphatic carbocycles. The second-order valence-corrected chi connectivity index (χ2v) is 22.8. The quantitative estimate of drug-likeness (QED) is 0.141. The predicted molar refractivity (Wildman–Crippen MR) is 293 cm³/mol. The van der Waals surface area contributed by atoms with Gasteiger partial charge in [0, 0.05) is 57.5 Å². The van der Waals surface area contributed by atoms with E-state index in [-0.39, 0.29) is 72.5 Å². The van der Waals surface area contributed by atoms with E-state index in [9.17, 15) is 26.4 Å². The van der Waals surface area contributed by atoms with E-state index in [1.807, 2.05) is 24.3 Å². The van der Waals surface area contributed by atoms with E-state index < -0.39 is 20.0 Å². The Morgan fingerprint density at radius 3 is 1.60 bits per heavy atom. The number of benzene rings is 4. The highest BCUT2D eigenvalue weighted by molar-refractivity contribution is 9.10. The molecule has 0 saturated carbocycles. The predicted octanol–water partition coefficient (Wildman–Crippen LogP) is 10.3. The van der Waals surface area contributed by atoms with Crippen LogP contribution in [0.3, 0.4) is 0 Å². The lowest BCUT2D eigenvalue weighted by molar-refractivity contribution is 0.0988. The molecule has 394 valence electrons. The average molecular weight is 1260 g/mol. The molecule has 4 aliphatic heterocycles. The normalized spacial score (nSPS) is 15.0. The molecule has 0 radical (unpaired) electrons. The van der Waals surface area contributed by atoms with Crippen molar-refractivity contribution in [1.82, 2.24) is 39.9 Å². The number of aromatic nitrogens is 8. The molecule has 2 amide bonds. The fourth-order valence-corrected chi connectivity index (χ4v) is 13.3. The summed E-state index contributed by atoms with van der Waals surface area (Å²) in [6, 6.07) is 25.4.